The topological polar surface area (TPSA) is 50.9 Å². The lowest BCUT2D eigenvalue weighted by Gasteiger charge is -2.21. The molecule has 0 spiro atoms. The van der Waals surface area contributed by atoms with Gasteiger partial charge in [-0.2, -0.15) is 0 Å². The van der Waals surface area contributed by atoms with Crippen molar-refractivity contribution in [1.29, 1.82) is 0 Å². The zero-order chi connectivity index (χ0) is 15.2. The number of nitrogens with one attached hydrogen (secondary N) is 1. The van der Waals surface area contributed by atoms with Gasteiger partial charge >= 0.3 is 0 Å². The van der Waals surface area contributed by atoms with Gasteiger partial charge in [0.2, 0.25) is 0 Å². The number of benzene rings is 1. The molecule has 0 bridgehead atoms. The lowest BCUT2D eigenvalue weighted by Crippen LogP contribution is -2.25. The molecule has 0 radical (unpaired) electrons. The van der Waals surface area contributed by atoms with Gasteiger partial charge in [0.25, 0.3) is 0 Å². The molecule has 1 unspecified atom stereocenters. The number of hydrogen-bond acceptors (Lipinski definition) is 3. The molecule has 1 heterocycles. The number of halogens is 1. The lowest BCUT2D eigenvalue weighted by atomic mass is 9.98. The Hall–Kier alpha value is -1.58. The maximum Gasteiger partial charge on any atom is 0.128 e. The Labute approximate surface area is 131 Å². The van der Waals surface area contributed by atoms with Gasteiger partial charge in [0.05, 0.1) is 0 Å². The highest BCUT2D eigenvalue weighted by Crippen LogP contribution is 2.24. The number of aryl methyl sites for hydroxylation is 1. The number of pyridine rings is 1. The highest BCUT2D eigenvalue weighted by molar-refractivity contribution is 6.30. The third kappa shape index (κ3) is 4.45. The van der Waals surface area contributed by atoms with Crippen LogP contribution in [0.3, 0.4) is 0 Å². The van der Waals surface area contributed by atoms with Crippen LogP contribution in [0, 0.1) is 6.92 Å². The summed E-state index contributed by atoms with van der Waals surface area (Å²) >= 11 is 5.95. The molecule has 0 amide bonds. The highest BCUT2D eigenvalue weighted by atomic mass is 35.5. The van der Waals surface area contributed by atoms with Crippen LogP contribution in [0.4, 0.5) is 5.82 Å². The molecule has 4 heteroatoms. The molecule has 0 saturated carbocycles. The van der Waals surface area contributed by atoms with E-state index < -0.39 is 0 Å². The van der Waals surface area contributed by atoms with E-state index in [0.29, 0.717) is 5.82 Å². The second-order valence-corrected chi connectivity index (χ2v) is 5.76. The fourth-order valence-corrected chi connectivity index (χ4v) is 2.47. The van der Waals surface area contributed by atoms with E-state index in [9.17, 15) is 0 Å². The Morgan fingerprint density at radius 2 is 2.00 bits per heavy atom. The molecule has 0 aliphatic carbocycles. The summed E-state index contributed by atoms with van der Waals surface area (Å²) in [5.74, 6) is 0.600. The summed E-state index contributed by atoms with van der Waals surface area (Å²) in [6.45, 7) is 5.14. The van der Waals surface area contributed by atoms with Gasteiger partial charge in [-0.1, -0.05) is 30.7 Å². The predicted octanol–water partition coefficient (Wildman–Crippen LogP) is 3.91. The normalized spacial score (nSPS) is 12.3. The number of aromatic nitrogens is 1. The summed E-state index contributed by atoms with van der Waals surface area (Å²) in [5, 5.41) is 4.32. The molecule has 1 aromatic carbocycles. The molecule has 0 aliphatic heterocycles. The third-order valence-corrected chi connectivity index (χ3v) is 3.71. The first-order chi connectivity index (χ1) is 10.1. The average Bonchev–Trinajstić information content (AvgIpc) is 2.48. The van der Waals surface area contributed by atoms with Gasteiger partial charge in [-0.25, -0.2) is 4.98 Å². The Kier molecular flexibility index (Phi) is 5.59. The minimum atomic E-state index is 0.165. The number of hydrogen-bond donors (Lipinski definition) is 2. The first-order valence-corrected chi connectivity index (χ1v) is 7.67. The number of nitrogens with zero attached hydrogens (tertiary/aromatic N) is 1. The second kappa shape index (κ2) is 7.43. The van der Waals surface area contributed by atoms with Crippen LogP contribution in [0.25, 0.3) is 0 Å². The smallest absolute Gasteiger partial charge is 0.128 e. The van der Waals surface area contributed by atoms with E-state index in [2.05, 4.69) is 35.4 Å². The molecule has 0 saturated heterocycles. The Morgan fingerprint density at radius 1 is 1.29 bits per heavy atom. The SMILES string of the molecule is CCCNC(Cc1ccc(Cl)cc1)c1cc(C)cnc1N. The van der Waals surface area contributed by atoms with Crippen molar-refractivity contribution in [2.24, 2.45) is 0 Å². The van der Waals surface area contributed by atoms with Crippen LogP contribution in [0.1, 0.15) is 36.1 Å². The van der Waals surface area contributed by atoms with Gasteiger partial charge in [-0.15, -0.1) is 0 Å². The van der Waals surface area contributed by atoms with Crippen molar-refractivity contribution in [3.05, 3.63) is 58.2 Å². The van der Waals surface area contributed by atoms with Crippen molar-refractivity contribution in [3.63, 3.8) is 0 Å². The first-order valence-electron chi connectivity index (χ1n) is 7.30. The number of rotatable bonds is 6. The van der Waals surface area contributed by atoms with E-state index in [-0.39, 0.29) is 6.04 Å². The van der Waals surface area contributed by atoms with Crippen molar-refractivity contribution < 1.29 is 0 Å². The zero-order valence-electron chi connectivity index (χ0n) is 12.6. The summed E-state index contributed by atoms with van der Waals surface area (Å²) in [6, 6.07) is 10.2. The molecule has 21 heavy (non-hydrogen) atoms. The van der Waals surface area contributed by atoms with Crippen LogP contribution in [0.2, 0.25) is 5.02 Å². The van der Waals surface area contributed by atoms with E-state index in [1.807, 2.05) is 19.1 Å². The van der Waals surface area contributed by atoms with Crippen molar-refractivity contribution in [1.82, 2.24) is 10.3 Å². The highest BCUT2D eigenvalue weighted by Gasteiger charge is 2.15. The first kappa shape index (κ1) is 15.8. The largest absolute Gasteiger partial charge is 0.383 e. The van der Waals surface area contributed by atoms with Crippen molar-refractivity contribution in [3.8, 4) is 0 Å². The fraction of sp³-hybridized carbons (Fsp3) is 0.353. The summed E-state index contributed by atoms with van der Waals surface area (Å²) in [5.41, 5.74) is 9.49. The number of nitrogen functional groups attached to an aromatic ring is 1. The molecule has 3 nitrogen and oxygen atoms in total. The molecule has 1 aromatic heterocycles. The Bertz CT molecular complexity index is 581. The van der Waals surface area contributed by atoms with Crippen LogP contribution in [-0.4, -0.2) is 11.5 Å². The molecule has 1 atom stereocenters. The molecular formula is C17H22ClN3. The summed E-state index contributed by atoms with van der Waals surface area (Å²) in [4.78, 5) is 4.28. The maximum absolute atomic E-state index is 6.07. The molecule has 0 fully saturated rings. The van der Waals surface area contributed by atoms with Crippen LogP contribution >= 0.6 is 11.6 Å². The Morgan fingerprint density at radius 3 is 2.67 bits per heavy atom. The van der Waals surface area contributed by atoms with E-state index in [1.54, 1.807) is 6.20 Å². The summed E-state index contributed by atoms with van der Waals surface area (Å²) in [6.07, 6.45) is 3.75. The fourth-order valence-electron chi connectivity index (χ4n) is 2.35. The monoisotopic (exact) mass is 303 g/mol. The molecule has 112 valence electrons. The van der Waals surface area contributed by atoms with E-state index >= 15 is 0 Å². The minimum Gasteiger partial charge on any atom is -0.383 e. The molecular weight excluding hydrogens is 282 g/mol. The quantitative estimate of drug-likeness (QED) is 0.850. The van der Waals surface area contributed by atoms with Crippen LogP contribution in [0.5, 0.6) is 0 Å². The van der Waals surface area contributed by atoms with E-state index in [1.165, 1.54) is 5.56 Å². The van der Waals surface area contributed by atoms with Crippen molar-refractivity contribution >= 4 is 17.4 Å². The van der Waals surface area contributed by atoms with Gasteiger partial charge in [0, 0.05) is 22.8 Å². The van der Waals surface area contributed by atoms with Crippen molar-refractivity contribution in [2.45, 2.75) is 32.7 Å². The molecule has 2 aromatic rings. The summed E-state index contributed by atoms with van der Waals surface area (Å²) in [7, 11) is 0. The summed E-state index contributed by atoms with van der Waals surface area (Å²) < 4.78 is 0. The van der Waals surface area contributed by atoms with Gasteiger partial charge in [-0.3, -0.25) is 0 Å². The number of anilines is 1. The minimum absolute atomic E-state index is 0.165. The molecule has 0 aliphatic rings. The van der Waals surface area contributed by atoms with Crippen LogP contribution < -0.4 is 11.1 Å². The number of nitrogens with two attached hydrogens (primary N) is 1. The predicted molar refractivity (Wildman–Crippen MR) is 89.6 cm³/mol. The van der Waals surface area contributed by atoms with Crippen LogP contribution in [0.15, 0.2) is 36.5 Å². The second-order valence-electron chi connectivity index (χ2n) is 5.32. The lowest BCUT2D eigenvalue weighted by molar-refractivity contribution is 0.529. The van der Waals surface area contributed by atoms with E-state index in [4.69, 9.17) is 17.3 Å². The van der Waals surface area contributed by atoms with Gasteiger partial charge in [-0.05, 0) is 55.6 Å². The zero-order valence-corrected chi connectivity index (χ0v) is 13.3. The molecule has 2 rings (SSSR count). The third-order valence-electron chi connectivity index (χ3n) is 3.46. The van der Waals surface area contributed by atoms with Gasteiger partial charge in [0.15, 0.2) is 0 Å². The standard InChI is InChI=1S/C17H22ClN3/c1-3-8-20-16(10-13-4-6-14(18)7-5-13)15-9-12(2)11-21-17(15)19/h4-7,9,11,16,20H,3,8,10H2,1-2H3,(H2,19,21). The van der Waals surface area contributed by atoms with E-state index in [0.717, 1.165) is 35.5 Å². The Balaban J connectivity index is 2.25. The van der Waals surface area contributed by atoms with Crippen molar-refractivity contribution in [2.75, 3.05) is 12.3 Å². The maximum atomic E-state index is 6.07. The average molecular weight is 304 g/mol. The van der Waals surface area contributed by atoms with Gasteiger partial charge < -0.3 is 11.1 Å². The molecule has 3 N–H and O–H groups in total. The van der Waals surface area contributed by atoms with Gasteiger partial charge in [0.1, 0.15) is 5.82 Å². The van der Waals surface area contributed by atoms with Crippen LogP contribution in [-0.2, 0) is 6.42 Å².